The topological polar surface area (TPSA) is 35.1 Å². The maximum Gasteiger partial charge on any atom is 0.291 e. The Balaban J connectivity index is 2.18. The summed E-state index contributed by atoms with van der Waals surface area (Å²) in [6.07, 6.45) is 4.10. The van der Waals surface area contributed by atoms with Crippen molar-refractivity contribution in [1.29, 1.82) is 0 Å². The van der Waals surface area contributed by atoms with Gasteiger partial charge in [0, 0.05) is 0 Å². The Bertz CT molecular complexity index is 679. The number of rotatable bonds is 3. The smallest absolute Gasteiger partial charge is 0.291 e. The highest BCUT2D eigenvalue weighted by Crippen LogP contribution is 2.32. The highest BCUT2D eigenvalue weighted by atomic mass is 31.1. The summed E-state index contributed by atoms with van der Waals surface area (Å²) in [6.45, 7) is 3.94. The van der Waals surface area contributed by atoms with Crippen molar-refractivity contribution in [3.63, 3.8) is 0 Å². The summed E-state index contributed by atoms with van der Waals surface area (Å²) in [6, 6.07) is 8.10. The molecule has 4 nitrogen and oxygen atoms in total. The highest BCUT2D eigenvalue weighted by molar-refractivity contribution is 7.78. The van der Waals surface area contributed by atoms with Crippen molar-refractivity contribution >= 4 is 24.5 Å². The Morgan fingerprint density at radius 1 is 1.00 bits per heavy atom. The largest absolute Gasteiger partial charge is 0.461 e. The van der Waals surface area contributed by atoms with Crippen LogP contribution < -0.4 is 21.1 Å². The molecule has 3 aromatic rings. The lowest BCUT2D eigenvalue weighted by Gasteiger charge is -2.09. The van der Waals surface area contributed by atoms with Crippen molar-refractivity contribution in [3.8, 4) is 0 Å². The van der Waals surface area contributed by atoms with Crippen molar-refractivity contribution in [1.82, 2.24) is 4.57 Å². The number of hydrogen-bond acceptors (Lipinski definition) is 2. The van der Waals surface area contributed by atoms with Crippen molar-refractivity contribution in [2.45, 2.75) is 13.8 Å². The van der Waals surface area contributed by atoms with E-state index in [-0.39, 0.29) is 0 Å². The van der Waals surface area contributed by atoms with Gasteiger partial charge < -0.3 is 8.83 Å². The van der Waals surface area contributed by atoms with Crippen LogP contribution in [0.2, 0.25) is 0 Å². The molecule has 3 rings (SSSR count). The molecule has 0 fully saturated rings. The van der Waals surface area contributed by atoms with Gasteiger partial charge in [0.1, 0.15) is 34.9 Å². The lowest BCUT2D eigenvalue weighted by atomic mass is 10.5. The molecule has 0 unspecified atom stereocenters. The SMILES string of the molecule is Cc1ccc(P(c2ccc(C)o2)c2n(C)cc[n+]2C)o1. The summed E-state index contributed by atoms with van der Waals surface area (Å²) in [4.78, 5) is 0. The van der Waals surface area contributed by atoms with E-state index in [4.69, 9.17) is 8.83 Å². The van der Waals surface area contributed by atoms with Gasteiger partial charge in [-0.1, -0.05) is 0 Å². The first-order valence-electron chi connectivity index (χ1n) is 6.50. The third-order valence-electron chi connectivity index (χ3n) is 3.24. The first-order valence-corrected chi connectivity index (χ1v) is 7.84. The van der Waals surface area contributed by atoms with Gasteiger partial charge in [-0.2, -0.15) is 0 Å². The molecule has 0 aromatic carbocycles. The molecule has 0 radical (unpaired) electrons. The predicted octanol–water partition coefficient (Wildman–Crippen LogP) is 1.41. The molecule has 0 atom stereocenters. The summed E-state index contributed by atoms with van der Waals surface area (Å²) in [5.74, 6) is 1.85. The van der Waals surface area contributed by atoms with E-state index in [1.807, 2.05) is 38.1 Å². The molecule has 0 N–H and O–H groups in total. The molecule has 5 heteroatoms. The zero-order valence-electron chi connectivity index (χ0n) is 12.1. The zero-order valence-corrected chi connectivity index (χ0v) is 13.0. The van der Waals surface area contributed by atoms with Gasteiger partial charge in [0.15, 0.2) is 7.92 Å². The predicted molar refractivity (Wildman–Crippen MR) is 79.3 cm³/mol. The monoisotopic (exact) mass is 289 g/mol. The highest BCUT2D eigenvalue weighted by Gasteiger charge is 2.33. The fraction of sp³-hybridized carbons (Fsp3) is 0.267. The molecule has 104 valence electrons. The minimum absolute atomic E-state index is 0.816. The fourth-order valence-corrected chi connectivity index (χ4v) is 4.58. The van der Waals surface area contributed by atoms with Crippen molar-refractivity contribution < 1.29 is 13.4 Å². The number of nitrogens with zero attached hydrogens (tertiary/aromatic N) is 2. The summed E-state index contributed by atoms with van der Waals surface area (Å²) >= 11 is 0. The summed E-state index contributed by atoms with van der Waals surface area (Å²) in [5.41, 5.74) is 3.11. The van der Waals surface area contributed by atoms with Crippen LogP contribution in [0.25, 0.3) is 0 Å². The molecule has 0 saturated carbocycles. The van der Waals surface area contributed by atoms with Crippen LogP contribution in [0.5, 0.6) is 0 Å². The second kappa shape index (κ2) is 4.95. The molecule has 3 aromatic heterocycles. The number of imidazole rings is 1. The molecule has 20 heavy (non-hydrogen) atoms. The van der Waals surface area contributed by atoms with Crippen molar-refractivity contribution in [3.05, 3.63) is 48.2 Å². The molecule has 0 spiro atoms. The van der Waals surface area contributed by atoms with E-state index in [1.165, 1.54) is 5.57 Å². The normalized spacial score (nSPS) is 11.4. The maximum absolute atomic E-state index is 5.89. The maximum atomic E-state index is 5.89. The van der Waals surface area contributed by atoms with Crippen LogP contribution >= 0.6 is 7.92 Å². The summed E-state index contributed by atoms with van der Waals surface area (Å²) < 4.78 is 16.0. The van der Waals surface area contributed by atoms with Gasteiger partial charge in [-0.3, -0.25) is 0 Å². The Kier molecular flexibility index (Phi) is 3.27. The second-order valence-corrected chi connectivity index (χ2v) is 6.88. The molecule has 0 saturated heterocycles. The van der Waals surface area contributed by atoms with E-state index < -0.39 is 7.92 Å². The molecule has 0 amide bonds. The van der Waals surface area contributed by atoms with Crippen molar-refractivity contribution in [2.24, 2.45) is 14.1 Å². The number of aromatic nitrogens is 2. The van der Waals surface area contributed by atoms with Gasteiger partial charge in [-0.05, 0) is 38.1 Å². The van der Waals surface area contributed by atoms with Crippen LogP contribution in [-0.2, 0) is 14.1 Å². The van der Waals surface area contributed by atoms with E-state index in [0.717, 1.165) is 22.5 Å². The fourth-order valence-electron chi connectivity index (χ4n) is 2.29. The van der Waals surface area contributed by atoms with Gasteiger partial charge in [0.2, 0.25) is 0 Å². The van der Waals surface area contributed by atoms with E-state index in [0.29, 0.717) is 0 Å². The summed E-state index contributed by atoms with van der Waals surface area (Å²) in [7, 11) is 3.29. The van der Waals surface area contributed by atoms with Crippen LogP contribution in [0.3, 0.4) is 0 Å². The summed E-state index contributed by atoms with van der Waals surface area (Å²) in [5, 5.41) is 0. The van der Waals surface area contributed by atoms with Crippen LogP contribution in [-0.4, -0.2) is 4.57 Å². The number of hydrogen-bond donors (Lipinski definition) is 0. The number of furan rings is 2. The van der Waals surface area contributed by atoms with Crippen LogP contribution in [0, 0.1) is 13.8 Å². The van der Waals surface area contributed by atoms with E-state index in [9.17, 15) is 0 Å². The Hall–Kier alpha value is -1.80. The van der Waals surface area contributed by atoms with Crippen LogP contribution in [0.4, 0.5) is 0 Å². The average Bonchev–Trinajstić information content (AvgIpc) is 3.08. The quantitative estimate of drug-likeness (QED) is 0.540. The molecular formula is C15H18N2O2P+. The minimum Gasteiger partial charge on any atom is -0.461 e. The Morgan fingerprint density at radius 3 is 1.90 bits per heavy atom. The lowest BCUT2D eigenvalue weighted by Crippen LogP contribution is -2.47. The first-order chi connectivity index (χ1) is 9.56. The first kappa shape index (κ1) is 13.2. The zero-order chi connectivity index (χ0) is 14.3. The van der Waals surface area contributed by atoms with Crippen LogP contribution in [0.1, 0.15) is 11.5 Å². The molecular weight excluding hydrogens is 271 g/mol. The van der Waals surface area contributed by atoms with Gasteiger partial charge >= 0.3 is 0 Å². The van der Waals surface area contributed by atoms with Gasteiger partial charge in [-0.25, -0.2) is 9.13 Å². The third kappa shape index (κ3) is 2.20. The molecule has 0 aliphatic carbocycles. The lowest BCUT2D eigenvalue weighted by molar-refractivity contribution is -0.652. The van der Waals surface area contributed by atoms with E-state index >= 15 is 0 Å². The Morgan fingerprint density at radius 2 is 1.55 bits per heavy atom. The van der Waals surface area contributed by atoms with Gasteiger partial charge in [0.25, 0.3) is 5.57 Å². The van der Waals surface area contributed by atoms with Crippen molar-refractivity contribution in [2.75, 3.05) is 0 Å². The second-order valence-electron chi connectivity index (χ2n) is 4.92. The van der Waals surface area contributed by atoms with Gasteiger partial charge in [-0.15, -0.1) is 0 Å². The van der Waals surface area contributed by atoms with E-state index in [2.05, 4.69) is 35.6 Å². The van der Waals surface area contributed by atoms with Crippen LogP contribution in [0.15, 0.2) is 45.5 Å². The third-order valence-corrected chi connectivity index (χ3v) is 5.63. The van der Waals surface area contributed by atoms with Gasteiger partial charge in [0.05, 0.1) is 14.1 Å². The molecule has 0 bridgehead atoms. The molecule has 0 aliphatic heterocycles. The molecule has 0 aliphatic rings. The molecule has 3 heterocycles. The Labute approximate surface area is 119 Å². The van der Waals surface area contributed by atoms with E-state index in [1.54, 1.807) is 0 Å². The average molecular weight is 289 g/mol. The standard InChI is InChI=1S/C15H18N2O2P/c1-11-5-7-13(18-11)20(14-8-6-12(2)19-14)15-16(3)9-10-17(15)4/h5-10H,1-4H3/q+1. The number of aryl methyl sites for hydroxylation is 4. The minimum atomic E-state index is -0.816.